The van der Waals surface area contributed by atoms with Gasteiger partial charge in [0.15, 0.2) is 0 Å². The van der Waals surface area contributed by atoms with Gasteiger partial charge < -0.3 is 4.74 Å². The number of halogens is 2. The highest BCUT2D eigenvalue weighted by atomic mass is 35.5. The van der Waals surface area contributed by atoms with E-state index in [1.165, 1.54) is 26.2 Å². The minimum atomic E-state index is -0.456. The Balaban J connectivity index is 3.15. The van der Waals surface area contributed by atoms with Crippen molar-refractivity contribution in [2.75, 3.05) is 7.11 Å². The number of ether oxygens (including phenoxy) is 1. The lowest BCUT2D eigenvalue weighted by Gasteiger charge is -2.07. The van der Waals surface area contributed by atoms with E-state index < -0.39 is 5.82 Å². The molecule has 0 N–H and O–H groups in total. The molecule has 0 unspecified atom stereocenters. The molecular weight excluding hydrogens is 207 g/mol. The van der Waals surface area contributed by atoms with E-state index >= 15 is 0 Å². The van der Waals surface area contributed by atoms with Crippen LogP contribution in [-0.4, -0.2) is 12.9 Å². The number of hydrogen-bond acceptors (Lipinski definition) is 2. The molecule has 0 saturated carbocycles. The van der Waals surface area contributed by atoms with Crippen LogP contribution >= 0.6 is 11.6 Å². The van der Waals surface area contributed by atoms with Crippen LogP contribution < -0.4 is 4.74 Å². The third-order valence-corrected chi connectivity index (χ3v) is 2.17. The van der Waals surface area contributed by atoms with Crippen LogP contribution in [0.5, 0.6) is 5.75 Å². The molecule has 0 aromatic heterocycles. The molecule has 0 spiro atoms. The quantitative estimate of drug-likeness (QED) is 0.777. The molecule has 14 heavy (non-hydrogen) atoms. The lowest BCUT2D eigenvalue weighted by Crippen LogP contribution is -1.99. The van der Waals surface area contributed by atoms with E-state index in [1.807, 2.05) is 0 Å². The standard InChI is InChI=1S/C10H10ClFO2/c1-6(13)3-7-4-8(12)5-9(14-2)10(7)11/h4-5H,3H2,1-2H3. The van der Waals surface area contributed by atoms with Gasteiger partial charge in [0, 0.05) is 12.5 Å². The third-order valence-electron chi connectivity index (χ3n) is 1.74. The van der Waals surface area contributed by atoms with E-state index in [2.05, 4.69) is 0 Å². The van der Waals surface area contributed by atoms with Gasteiger partial charge in [-0.25, -0.2) is 4.39 Å². The second-order valence-corrected chi connectivity index (χ2v) is 3.34. The van der Waals surface area contributed by atoms with Crippen LogP contribution in [0, 0.1) is 5.82 Å². The van der Waals surface area contributed by atoms with E-state index in [0.29, 0.717) is 10.6 Å². The van der Waals surface area contributed by atoms with Crippen molar-refractivity contribution in [1.82, 2.24) is 0 Å². The fraction of sp³-hybridized carbons (Fsp3) is 0.300. The van der Waals surface area contributed by atoms with Crippen molar-refractivity contribution in [3.05, 3.63) is 28.5 Å². The summed E-state index contributed by atoms with van der Waals surface area (Å²) in [6.07, 6.45) is 0.118. The van der Waals surface area contributed by atoms with Gasteiger partial charge in [-0.2, -0.15) is 0 Å². The summed E-state index contributed by atoms with van der Waals surface area (Å²) in [4.78, 5) is 10.9. The predicted octanol–water partition coefficient (Wildman–Crippen LogP) is 2.62. The van der Waals surface area contributed by atoms with Gasteiger partial charge >= 0.3 is 0 Å². The lowest BCUT2D eigenvalue weighted by molar-refractivity contribution is -0.116. The van der Waals surface area contributed by atoms with E-state index in [-0.39, 0.29) is 18.0 Å². The van der Waals surface area contributed by atoms with E-state index in [4.69, 9.17) is 16.3 Å². The lowest BCUT2D eigenvalue weighted by atomic mass is 10.1. The first-order valence-electron chi connectivity index (χ1n) is 4.06. The van der Waals surface area contributed by atoms with Crippen molar-refractivity contribution in [2.45, 2.75) is 13.3 Å². The molecule has 0 atom stereocenters. The van der Waals surface area contributed by atoms with Crippen LogP contribution in [0.3, 0.4) is 0 Å². The molecule has 0 aliphatic heterocycles. The van der Waals surface area contributed by atoms with Crippen LogP contribution in [0.25, 0.3) is 0 Å². The van der Waals surface area contributed by atoms with Crippen molar-refractivity contribution in [3.63, 3.8) is 0 Å². The van der Waals surface area contributed by atoms with Crippen LogP contribution in [0.2, 0.25) is 5.02 Å². The number of carbonyl (C=O) groups excluding carboxylic acids is 1. The highest BCUT2D eigenvalue weighted by Crippen LogP contribution is 2.29. The first-order chi connectivity index (χ1) is 6.54. The van der Waals surface area contributed by atoms with Gasteiger partial charge in [0.25, 0.3) is 0 Å². The fourth-order valence-electron chi connectivity index (χ4n) is 1.16. The molecule has 0 radical (unpaired) electrons. The molecule has 1 rings (SSSR count). The number of rotatable bonds is 3. The average molecular weight is 217 g/mol. The van der Waals surface area contributed by atoms with Crippen LogP contribution in [0.15, 0.2) is 12.1 Å². The largest absolute Gasteiger partial charge is 0.495 e. The van der Waals surface area contributed by atoms with Crippen molar-refractivity contribution in [3.8, 4) is 5.75 Å². The fourth-order valence-corrected chi connectivity index (χ4v) is 1.42. The summed E-state index contributed by atoms with van der Waals surface area (Å²) >= 11 is 5.88. The second-order valence-electron chi connectivity index (χ2n) is 2.96. The second kappa shape index (κ2) is 4.42. The van der Waals surface area contributed by atoms with Gasteiger partial charge in [0.1, 0.15) is 17.3 Å². The summed E-state index contributed by atoms with van der Waals surface area (Å²) in [6, 6.07) is 2.43. The molecule has 0 fully saturated rings. The summed E-state index contributed by atoms with van der Waals surface area (Å²) in [5.74, 6) is -0.273. The third kappa shape index (κ3) is 2.45. The Hall–Kier alpha value is -1.09. The van der Waals surface area contributed by atoms with Gasteiger partial charge in [-0.15, -0.1) is 0 Å². The monoisotopic (exact) mass is 216 g/mol. The zero-order valence-electron chi connectivity index (χ0n) is 7.93. The predicted molar refractivity (Wildman–Crippen MR) is 52.3 cm³/mol. The molecule has 1 aromatic rings. The summed E-state index contributed by atoms with van der Waals surface area (Å²) in [5, 5.41) is 0.295. The first kappa shape index (κ1) is 11.0. The van der Waals surface area contributed by atoms with Gasteiger partial charge in [-0.3, -0.25) is 4.79 Å². The molecule has 1 aromatic carbocycles. The maximum atomic E-state index is 13.0. The Morgan fingerprint density at radius 3 is 2.71 bits per heavy atom. The molecule has 0 bridgehead atoms. The van der Waals surface area contributed by atoms with Gasteiger partial charge in [-0.05, 0) is 18.6 Å². The van der Waals surface area contributed by atoms with Crippen molar-refractivity contribution >= 4 is 17.4 Å². The van der Waals surface area contributed by atoms with Gasteiger partial charge in [0.2, 0.25) is 0 Å². The zero-order valence-corrected chi connectivity index (χ0v) is 8.69. The van der Waals surface area contributed by atoms with Crippen LogP contribution in [0.1, 0.15) is 12.5 Å². The van der Waals surface area contributed by atoms with Crippen molar-refractivity contribution < 1.29 is 13.9 Å². The maximum absolute atomic E-state index is 13.0. The smallest absolute Gasteiger partial charge is 0.140 e. The number of Topliss-reactive ketones (excluding diaryl/α,β-unsaturated/α-hetero) is 1. The summed E-state index contributed by atoms with van der Waals surface area (Å²) < 4.78 is 17.9. The molecular formula is C10H10ClFO2. The SMILES string of the molecule is COc1cc(F)cc(CC(C)=O)c1Cl. The van der Waals surface area contributed by atoms with Gasteiger partial charge in [-0.1, -0.05) is 11.6 Å². The van der Waals surface area contributed by atoms with Crippen LogP contribution in [-0.2, 0) is 11.2 Å². The Labute approximate surface area is 86.6 Å². The van der Waals surface area contributed by atoms with E-state index in [0.717, 1.165) is 0 Å². The highest BCUT2D eigenvalue weighted by molar-refractivity contribution is 6.33. The van der Waals surface area contributed by atoms with Crippen LogP contribution in [0.4, 0.5) is 4.39 Å². The topological polar surface area (TPSA) is 26.3 Å². The number of ketones is 1. The van der Waals surface area contributed by atoms with Crippen molar-refractivity contribution in [2.24, 2.45) is 0 Å². The summed E-state index contributed by atoms with van der Waals surface area (Å²) in [7, 11) is 1.40. The average Bonchev–Trinajstić information content (AvgIpc) is 2.09. The summed E-state index contributed by atoms with van der Waals surface area (Å²) in [5.41, 5.74) is 0.455. The van der Waals surface area contributed by atoms with E-state index in [9.17, 15) is 9.18 Å². The highest BCUT2D eigenvalue weighted by Gasteiger charge is 2.11. The van der Waals surface area contributed by atoms with E-state index in [1.54, 1.807) is 0 Å². The number of carbonyl (C=O) groups is 1. The molecule has 0 saturated heterocycles. The minimum Gasteiger partial charge on any atom is -0.495 e. The zero-order chi connectivity index (χ0) is 10.7. The minimum absolute atomic E-state index is 0.0699. The normalized spacial score (nSPS) is 10.0. The molecule has 2 nitrogen and oxygen atoms in total. The van der Waals surface area contributed by atoms with Crippen molar-refractivity contribution in [1.29, 1.82) is 0 Å². The van der Waals surface area contributed by atoms with Gasteiger partial charge in [0.05, 0.1) is 12.1 Å². The first-order valence-corrected chi connectivity index (χ1v) is 4.43. The Morgan fingerprint density at radius 2 is 2.21 bits per heavy atom. The maximum Gasteiger partial charge on any atom is 0.140 e. The Bertz CT molecular complexity index is 363. The number of benzene rings is 1. The Kier molecular flexibility index (Phi) is 3.47. The number of hydrogen-bond donors (Lipinski definition) is 0. The molecule has 0 aliphatic rings. The molecule has 0 heterocycles. The molecule has 0 aliphatic carbocycles. The number of methoxy groups -OCH3 is 1. The molecule has 0 amide bonds. The summed E-state index contributed by atoms with van der Waals surface area (Å²) in [6.45, 7) is 1.42. The molecule has 4 heteroatoms. The molecule has 76 valence electrons. The Morgan fingerprint density at radius 1 is 1.57 bits per heavy atom.